The summed E-state index contributed by atoms with van der Waals surface area (Å²) in [4.78, 5) is 33.9. The number of rotatable bonds is 5. The molecule has 0 bridgehead atoms. The Hall–Kier alpha value is -3.43. The second-order valence-electron chi connectivity index (χ2n) is 5.89. The van der Waals surface area contributed by atoms with E-state index in [4.69, 9.17) is 4.74 Å². The molecule has 148 valence electrons. The van der Waals surface area contributed by atoms with E-state index in [9.17, 15) is 32.9 Å². The van der Waals surface area contributed by atoms with E-state index in [0.29, 0.717) is 6.07 Å². The number of esters is 1. The van der Waals surface area contributed by atoms with Gasteiger partial charge >= 0.3 is 12.1 Å². The second kappa shape index (κ2) is 8.07. The van der Waals surface area contributed by atoms with Crippen LogP contribution in [0.15, 0.2) is 42.5 Å². The predicted octanol–water partition coefficient (Wildman–Crippen LogP) is 4.11. The minimum absolute atomic E-state index is 0.177. The highest BCUT2D eigenvalue weighted by Crippen LogP contribution is 2.37. The standard InChI is InChI=1S/C18H15F3N2O5/c1-10-3-5-12(6-4-10)17(25)28-11(2)16(24)22-15-8-7-13(23(26)27)9-14(15)18(19,20)21/h3-9,11H,1-2H3,(H,22,24). The number of ether oxygens (including phenoxy) is 1. The largest absolute Gasteiger partial charge is 0.449 e. The number of nitrogens with one attached hydrogen (secondary N) is 1. The molecule has 10 heteroatoms. The van der Waals surface area contributed by atoms with Crippen molar-refractivity contribution in [1.29, 1.82) is 0 Å². The molecule has 0 saturated heterocycles. The number of non-ortho nitro benzene ring substituents is 1. The Morgan fingerprint density at radius 2 is 1.75 bits per heavy atom. The molecule has 2 rings (SSSR count). The predicted molar refractivity (Wildman–Crippen MR) is 92.8 cm³/mol. The molecule has 28 heavy (non-hydrogen) atoms. The van der Waals surface area contributed by atoms with Crippen LogP contribution in [0.2, 0.25) is 0 Å². The number of nitro groups is 1. The molecule has 0 radical (unpaired) electrons. The van der Waals surface area contributed by atoms with Crippen LogP contribution in [0, 0.1) is 17.0 Å². The molecule has 0 aliphatic carbocycles. The average Bonchev–Trinajstić information content (AvgIpc) is 2.61. The van der Waals surface area contributed by atoms with Gasteiger partial charge in [-0.25, -0.2) is 4.79 Å². The fourth-order valence-corrected chi connectivity index (χ4v) is 2.20. The number of anilines is 1. The third kappa shape index (κ3) is 5.06. The molecule has 0 aromatic heterocycles. The summed E-state index contributed by atoms with van der Waals surface area (Å²) in [6, 6.07) is 8.21. The van der Waals surface area contributed by atoms with Crippen LogP contribution >= 0.6 is 0 Å². The van der Waals surface area contributed by atoms with Crippen LogP contribution in [0.1, 0.15) is 28.4 Å². The van der Waals surface area contributed by atoms with Gasteiger partial charge in [-0.15, -0.1) is 0 Å². The highest BCUT2D eigenvalue weighted by atomic mass is 19.4. The Bertz CT molecular complexity index is 910. The maximum absolute atomic E-state index is 13.1. The van der Waals surface area contributed by atoms with Gasteiger partial charge in [0.15, 0.2) is 6.10 Å². The minimum Gasteiger partial charge on any atom is -0.449 e. The molecule has 0 saturated carbocycles. The highest BCUT2D eigenvalue weighted by molar-refractivity contribution is 5.98. The molecule has 2 aromatic carbocycles. The number of halogens is 3. The van der Waals surface area contributed by atoms with Gasteiger partial charge in [0.2, 0.25) is 0 Å². The third-order valence-electron chi connectivity index (χ3n) is 3.72. The molecule has 0 spiro atoms. The number of nitrogens with zero attached hydrogens (tertiary/aromatic N) is 1. The van der Waals surface area contributed by atoms with Crippen molar-refractivity contribution in [2.24, 2.45) is 0 Å². The average molecular weight is 396 g/mol. The van der Waals surface area contributed by atoms with Crippen molar-refractivity contribution in [3.8, 4) is 0 Å². The summed E-state index contributed by atoms with van der Waals surface area (Å²) in [5.41, 5.74) is -1.76. The lowest BCUT2D eigenvalue weighted by atomic mass is 10.1. The molecule has 1 unspecified atom stereocenters. The zero-order chi connectivity index (χ0) is 21.1. The number of hydrogen-bond donors (Lipinski definition) is 1. The zero-order valence-corrected chi connectivity index (χ0v) is 14.7. The first kappa shape index (κ1) is 20.9. The van der Waals surface area contributed by atoms with E-state index in [1.54, 1.807) is 12.1 Å². The zero-order valence-electron chi connectivity index (χ0n) is 14.7. The van der Waals surface area contributed by atoms with Crippen LogP contribution in [0.5, 0.6) is 0 Å². The van der Waals surface area contributed by atoms with Crippen LogP contribution in [0.25, 0.3) is 0 Å². The van der Waals surface area contributed by atoms with Crippen molar-refractivity contribution in [1.82, 2.24) is 0 Å². The second-order valence-corrected chi connectivity index (χ2v) is 5.89. The smallest absolute Gasteiger partial charge is 0.418 e. The Morgan fingerprint density at radius 3 is 2.29 bits per heavy atom. The van der Waals surface area contributed by atoms with E-state index < -0.39 is 46.0 Å². The molecule has 0 aliphatic rings. The number of amides is 1. The third-order valence-corrected chi connectivity index (χ3v) is 3.72. The van der Waals surface area contributed by atoms with Gasteiger partial charge < -0.3 is 10.1 Å². The van der Waals surface area contributed by atoms with E-state index in [0.717, 1.165) is 17.7 Å². The van der Waals surface area contributed by atoms with Gasteiger partial charge in [0.1, 0.15) is 0 Å². The fraction of sp³-hybridized carbons (Fsp3) is 0.222. The summed E-state index contributed by atoms with van der Waals surface area (Å²) in [6.07, 6.45) is -6.33. The van der Waals surface area contributed by atoms with E-state index in [1.807, 2.05) is 12.2 Å². The van der Waals surface area contributed by atoms with Gasteiger partial charge in [0.05, 0.1) is 21.7 Å². The molecule has 0 fully saturated rings. The number of carbonyl (C=O) groups is 2. The van der Waals surface area contributed by atoms with Crippen molar-refractivity contribution in [2.45, 2.75) is 26.1 Å². The Balaban J connectivity index is 2.16. The van der Waals surface area contributed by atoms with Crippen molar-refractivity contribution >= 4 is 23.3 Å². The molecular formula is C18H15F3N2O5. The van der Waals surface area contributed by atoms with Crippen LogP contribution in [0.4, 0.5) is 24.5 Å². The SMILES string of the molecule is Cc1ccc(C(=O)OC(C)C(=O)Nc2ccc([N+](=O)[O-])cc2C(F)(F)F)cc1. The number of alkyl halides is 3. The molecule has 2 aromatic rings. The number of nitro benzene ring substituents is 1. The van der Waals surface area contributed by atoms with Crippen molar-refractivity contribution in [3.05, 3.63) is 69.3 Å². The minimum atomic E-state index is -4.93. The van der Waals surface area contributed by atoms with E-state index in [2.05, 4.69) is 0 Å². The van der Waals surface area contributed by atoms with Crippen LogP contribution in [-0.4, -0.2) is 22.9 Å². The van der Waals surface area contributed by atoms with E-state index >= 15 is 0 Å². The number of aryl methyl sites for hydroxylation is 1. The van der Waals surface area contributed by atoms with Gasteiger partial charge in [0.25, 0.3) is 11.6 Å². The van der Waals surface area contributed by atoms with Crippen molar-refractivity contribution < 1.29 is 32.4 Å². The lowest BCUT2D eigenvalue weighted by Gasteiger charge is -2.17. The summed E-state index contributed by atoms with van der Waals surface area (Å²) >= 11 is 0. The number of benzene rings is 2. The van der Waals surface area contributed by atoms with Gasteiger partial charge in [-0.3, -0.25) is 14.9 Å². The first-order chi connectivity index (χ1) is 13.0. The maximum atomic E-state index is 13.1. The van der Waals surface area contributed by atoms with E-state index in [-0.39, 0.29) is 5.56 Å². The molecule has 1 amide bonds. The van der Waals surface area contributed by atoms with Gasteiger partial charge in [-0.1, -0.05) is 17.7 Å². The number of hydrogen-bond acceptors (Lipinski definition) is 5. The molecule has 1 N–H and O–H groups in total. The fourth-order valence-electron chi connectivity index (χ4n) is 2.20. The Kier molecular flexibility index (Phi) is 6.02. The first-order valence-electron chi connectivity index (χ1n) is 7.93. The maximum Gasteiger partial charge on any atom is 0.418 e. The first-order valence-corrected chi connectivity index (χ1v) is 7.93. The van der Waals surface area contributed by atoms with Crippen molar-refractivity contribution in [2.75, 3.05) is 5.32 Å². The molecule has 7 nitrogen and oxygen atoms in total. The molecule has 0 aliphatic heterocycles. The number of carbonyl (C=O) groups excluding carboxylic acids is 2. The quantitative estimate of drug-likeness (QED) is 0.466. The molecular weight excluding hydrogens is 381 g/mol. The van der Waals surface area contributed by atoms with Crippen LogP contribution < -0.4 is 5.32 Å². The van der Waals surface area contributed by atoms with Crippen LogP contribution in [0.3, 0.4) is 0 Å². The Morgan fingerprint density at radius 1 is 1.14 bits per heavy atom. The van der Waals surface area contributed by atoms with Crippen LogP contribution in [-0.2, 0) is 15.7 Å². The normalized spacial score (nSPS) is 12.2. The van der Waals surface area contributed by atoms with Crippen molar-refractivity contribution in [3.63, 3.8) is 0 Å². The lowest BCUT2D eigenvalue weighted by Crippen LogP contribution is -2.30. The summed E-state index contributed by atoms with van der Waals surface area (Å²) in [5.74, 6) is -1.83. The summed E-state index contributed by atoms with van der Waals surface area (Å²) in [5, 5.41) is 12.7. The topological polar surface area (TPSA) is 98.5 Å². The van der Waals surface area contributed by atoms with Gasteiger partial charge in [-0.05, 0) is 32.0 Å². The van der Waals surface area contributed by atoms with E-state index in [1.165, 1.54) is 19.1 Å². The Labute approximate surface area is 157 Å². The summed E-state index contributed by atoms with van der Waals surface area (Å²) in [6.45, 7) is 3.01. The lowest BCUT2D eigenvalue weighted by molar-refractivity contribution is -0.385. The molecule has 1 atom stereocenters. The van der Waals surface area contributed by atoms with Gasteiger partial charge in [0, 0.05) is 12.1 Å². The summed E-state index contributed by atoms with van der Waals surface area (Å²) in [7, 11) is 0. The monoisotopic (exact) mass is 396 g/mol. The molecule has 0 heterocycles. The highest BCUT2D eigenvalue weighted by Gasteiger charge is 2.36. The summed E-state index contributed by atoms with van der Waals surface area (Å²) < 4.78 is 44.4. The van der Waals surface area contributed by atoms with Gasteiger partial charge in [-0.2, -0.15) is 13.2 Å².